The number of imide groups is 1. The summed E-state index contributed by atoms with van der Waals surface area (Å²) < 4.78 is 16.4. The lowest BCUT2D eigenvalue weighted by atomic mass is 10.0. The van der Waals surface area contributed by atoms with Gasteiger partial charge in [-0.1, -0.05) is 37.3 Å². The molecule has 0 bridgehead atoms. The number of anilines is 2. The second-order valence-corrected chi connectivity index (χ2v) is 7.63. The first-order valence-corrected chi connectivity index (χ1v) is 11.0. The van der Waals surface area contributed by atoms with Crippen molar-refractivity contribution in [2.75, 3.05) is 31.0 Å². The van der Waals surface area contributed by atoms with Crippen molar-refractivity contribution >= 4 is 28.8 Å². The minimum absolute atomic E-state index is 0.173. The Hall–Kier alpha value is -4.26. The number of methoxy groups -OCH3 is 2. The van der Waals surface area contributed by atoms with Crippen LogP contribution in [0.25, 0.3) is 5.57 Å². The Morgan fingerprint density at radius 2 is 1.44 bits per heavy atom. The first kappa shape index (κ1) is 22.9. The Kier molecular flexibility index (Phi) is 6.82. The van der Waals surface area contributed by atoms with Crippen LogP contribution >= 0.6 is 0 Å². The van der Waals surface area contributed by atoms with E-state index >= 15 is 0 Å². The minimum atomic E-state index is -0.445. The molecule has 0 saturated carbocycles. The molecular formula is C27H26N2O5. The molecule has 0 spiro atoms. The second-order valence-electron chi connectivity index (χ2n) is 7.63. The molecule has 7 nitrogen and oxygen atoms in total. The van der Waals surface area contributed by atoms with Gasteiger partial charge in [-0.05, 0) is 36.2 Å². The van der Waals surface area contributed by atoms with E-state index in [0.29, 0.717) is 40.8 Å². The largest absolute Gasteiger partial charge is 0.497 e. The molecule has 3 aromatic carbocycles. The Balaban J connectivity index is 1.78. The topological polar surface area (TPSA) is 77.1 Å². The van der Waals surface area contributed by atoms with Crippen molar-refractivity contribution in [3.8, 4) is 17.2 Å². The number of rotatable bonds is 9. The fraction of sp³-hybridized carbons (Fsp3) is 0.185. The van der Waals surface area contributed by atoms with E-state index in [2.05, 4.69) is 5.32 Å². The van der Waals surface area contributed by atoms with Crippen LogP contribution in [0.1, 0.15) is 18.9 Å². The summed E-state index contributed by atoms with van der Waals surface area (Å²) in [7, 11) is 3.10. The van der Waals surface area contributed by atoms with E-state index in [1.165, 1.54) is 4.90 Å². The number of para-hydroxylation sites is 1. The van der Waals surface area contributed by atoms with E-state index in [1.54, 1.807) is 80.9 Å². The average Bonchev–Trinajstić information content (AvgIpc) is 3.12. The molecule has 1 aliphatic heterocycles. The van der Waals surface area contributed by atoms with Crippen LogP contribution in [0, 0.1) is 0 Å². The van der Waals surface area contributed by atoms with E-state index < -0.39 is 11.8 Å². The first-order chi connectivity index (χ1) is 16.5. The van der Waals surface area contributed by atoms with Gasteiger partial charge in [-0.25, -0.2) is 4.90 Å². The van der Waals surface area contributed by atoms with E-state index in [-0.39, 0.29) is 11.3 Å². The lowest BCUT2D eigenvalue weighted by molar-refractivity contribution is -0.120. The maximum absolute atomic E-state index is 13.5. The van der Waals surface area contributed by atoms with E-state index in [1.807, 2.05) is 13.0 Å². The predicted octanol–water partition coefficient (Wildman–Crippen LogP) is 4.89. The fourth-order valence-electron chi connectivity index (χ4n) is 3.69. The molecule has 7 heteroatoms. The number of amides is 2. The fourth-order valence-corrected chi connectivity index (χ4v) is 3.69. The Labute approximate surface area is 198 Å². The van der Waals surface area contributed by atoms with Gasteiger partial charge in [0, 0.05) is 23.9 Å². The summed E-state index contributed by atoms with van der Waals surface area (Å²) in [6, 6.07) is 21.2. The van der Waals surface area contributed by atoms with Crippen molar-refractivity contribution in [1.29, 1.82) is 0 Å². The van der Waals surface area contributed by atoms with Gasteiger partial charge in [0.1, 0.15) is 22.9 Å². The lowest BCUT2D eigenvalue weighted by Gasteiger charge is -2.15. The standard InChI is InChI=1S/C27H26N2O5/c1-4-14-34-21-12-10-18(11-13-21)24-25(28-19-15-22(32-2)17-23(16-19)33-3)27(31)29(26(24)30)20-8-6-5-7-9-20/h5-13,15-17,28H,4,14H2,1-3H3. The van der Waals surface area contributed by atoms with Gasteiger partial charge in [-0.15, -0.1) is 0 Å². The number of carbonyl (C=O) groups excluding carboxylic acids is 2. The molecule has 2 amide bonds. The quantitative estimate of drug-likeness (QED) is 0.460. The van der Waals surface area contributed by atoms with Crippen molar-refractivity contribution in [3.05, 3.63) is 84.1 Å². The highest BCUT2D eigenvalue weighted by Crippen LogP contribution is 2.35. The van der Waals surface area contributed by atoms with Gasteiger partial charge in [0.25, 0.3) is 11.8 Å². The Morgan fingerprint density at radius 1 is 0.794 bits per heavy atom. The van der Waals surface area contributed by atoms with E-state index in [4.69, 9.17) is 14.2 Å². The minimum Gasteiger partial charge on any atom is -0.497 e. The van der Waals surface area contributed by atoms with Crippen LogP contribution in [0.5, 0.6) is 17.2 Å². The molecule has 1 heterocycles. The number of hydrogen-bond acceptors (Lipinski definition) is 6. The number of hydrogen-bond donors (Lipinski definition) is 1. The van der Waals surface area contributed by atoms with Gasteiger partial charge >= 0.3 is 0 Å². The summed E-state index contributed by atoms with van der Waals surface area (Å²) in [6.07, 6.45) is 0.893. The van der Waals surface area contributed by atoms with Gasteiger partial charge in [0.2, 0.25) is 0 Å². The van der Waals surface area contributed by atoms with Crippen LogP contribution in [-0.4, -0.2) is 32.6 Å². The molecule has 1 N–H and O–H groups in total. The molecule has 0 saturated heterocycles. The molecular weight excluding hydrogens is 432 g/mol. The summed E-state index contributed by atoms with van der Waals surface area (Å²) in [5.74, 6) is 0.959. The lowest BCUT2D eigenvalue weighted by Crippen LogP contribution is -2.32. The number of nitrogens with one attached hydrogen (secondary N) is 1. The molecule has 0 unspecified atom stereocenters. The molecule has 34 heavy (non-hydrogen) atoms. The van der Waals surface area contributed by atoms with E-state index in [0.717, 1.165) is 6.42 Å². The molecule has 3 aromatic rings. The highest BCUT2D eigenvalue weighted by atomic mass is 16.5. The molecule has 1 aliphatic rings. The Morgan fingerprint density at radius 3 is 2.03 bits per heavy atom. The van der Waals surface area contributed by atoms with Crippen molar-refractivity contribution in [2.45, 2.75) is 13.3 Å². The zero-order valence-electron chi connectivity index (χ0n) is 19.3. The third kappa shape index (κ3) is 4.59. The van der Waals surface area contributed by atoms with Crippen LogP contribution in [0.15, 0.2) is 78.5 Å². The summed E-state index contributed by atoms with van der Waals surface area (Å²) in [5.41, 5.74) is 2.11. The molecule has 0 fully saturated rings. The smallest absolute Gasteiger partial charge is 0.282 e. The summed E-state index contributed by atoms with van der Waals surface area (Å²) in [6.45, 7) is 2.64. The third-order valence-electron chi connectivity index (χ3n) is 5.33. The van der Waals surface area contributed by atoms with E-state index in [9.17, 15) is 9.59 Å². The number of carbonyl (C=O) groups is 2. The zero-order valence-corrected chi connectivity index (χ0v) is 19.3. The van der Waals surface area contributed by atoms with Crippen molar-refractivity contribution < 1.29 is 23.8 Å². The van der Waals surface area contributed by atoms with Gasteiger partial charge < -0.3 is 19.5 Å². The summed E-state index contributed by atoms with van der Waals surface area (Å²) in [4.78, 5) is 28.2. The zero-order chi connectivity index (χ0) is 24.1. The molecule has 0 atom stereocenters. The highest BCUT2D eigenvalue weighted by molar-refractivity contribution is 6.46. The van der Waals surface area contributed by atoms with Crippen LogP contribution in [0.4, 0.5) is 11.4 Å². The van der Waals surface area contributed by atoms with Crippen molar-refractivity contribution in [2.24, 2.45) is 0 Å². The molecule has 4 rings (SSSR count). The van der Waals surface area contributed by atoms with Gasteiger partial charge in [0.05, 0.1) is 32.1 Å². The Bertz CT molecular complexity index is 1200. The van der Waals surface area contributed by atoms with Crippen molar-refractivity contribution in [1.82, 2.24) is 0 Å². The number of benzene rings is 3. The van der Waals surface area contributed by atoms with Gasteiger partial charge in [0.15, 0.2) is 0 Å². The maximum Gasteiger partial charge on any atom is 0.282 e. The first-order valence-electron chi connectivity index (χ1n) is 11.0. The van der Waals surface area contributed by atoms with Crippen LogP contribution in [0.2, 0.25) is 0 Å². The average molecular weight is 459 g/mol. The normalized spacial score (nSPS) is 13.3. The second kappa shape index (κ2) is 10.1. The number of nitrogens with zero attached hydrogens (tertiary/aromatic N) is 1. The summed E-state index contributed by atoms with van der Waals surface area (Å²) >= 11 is 0. The summed E-state index contributed by atoms with van der Waals surface area (Å²) in [5, 5.41) is 3.14. The third-order valence-corrected chi connectivity index (χ3v) is 5.33. The van der Waals surface area contributed by atoms with Crippen molar-refractivity contribution in [3.63, 3.8) is 0 Å². The highest BCUT2D eigenvalue weighted by Gasteiger charge is 2.40. The van der Waals surface area contributed by atoms with Crippen LogP contribution < -0.4 is 24.4 Å². The predicted molar refractivity (Wildman–Crippen MR) is 131 cm³/mol. The van der Waals surface area contributed by atoms with Gasteiger partial charge in [-0.2, -0.15) is 0 Å². The molecule has 0 aliphatic carbocycles. The monoisotopic (exact) mass is 458 g/mol. The van der Waals surface area contributed by atoms with Crippen LogP contribution in [-0.2, 0) is 9.59 Å². The van der Waals surface area contributed by atoms with Gasteiger partial charge in [-0.3, -0.25) is 9.59 Å². The molecule has 0 aromatic heterocycles. The molecule has 0 radical (unpaired) electrons. The molecule has 174 valence electrons. The maximum atomic E-state index is 13.5. The van der Waals surface area contributed by atoms with Crippen LogP contribution in [0.3, 0.4) is 0 Å². The number of ether oxygens (including phenoxy) is 3. The SMILES string of the molecule is CCCOc1ccc(C2=C(Nc3cc(OC)cc(OC)c3)C(=O)N(c3ccccc3)C2=O)cc1.